The number of nitrogen functional groups attached to an aromatic ring is 1. The number of nitrogens with one attached hydrogen (secondary N) is 3. The quantitative estimate of drug-likeness (QED) is 0.489. The van der Waals surface area contributed by atoms with Gasteiger partial charge < -0.3 is 16.4 Å². The molecule has 9 nitrogen and oxygen atoms in total. The van der Waals surface area contributed by atoms with Gasteiger partial charge in [0.15, 0.2) is 11.2 Å². The van der Waals surface area contributed by atoms with Crippen LogP contribution in [-0.4, -0.2) is 31.9 Å². The van der Waals surface area contributed by atoms with Crippen molar-refractivity contribution in [3.63, 3.8) is 0 Å². The standard InChI is InChI=1S/C19H23N7O2/c1-3-4-11(2)23-17(27)12-5-7-13(8-6-12)21-9-14-10-22-16-15(24-14)18(28)26-19(20)25-16/h5-8,10-11,21H,3-4,9H2,1-2H3,(H,23,27)(H3,20,22,25,26,28). The number of carbonyl (C=O) groups is 1. The summed E-state index contributed by atoms with van der Waals surface area (Å²) in [5, 5.41) is 6.17. The summed E-state index contributed by atoms with van der Waals surface area (Å²) in [7, 11) is 0. The first-order valence-corrected chi connectivity index (χ1v) is 9.12. The summed E-state index contributed by atoms with van der Waals surface area (Å²) in [5.74, 6) is -0.0789. The zero-order valence-electron chi connectivity index (χ0n) is 15.8. The van der Waals surface area contributed by atoms with E-state index in [9.17, 15) is 9.59 Å². The Kier molecular flexibility index (Phi) is 5.83. The lowest BCUT2D eigenvalue weighted by Crippen LogP contribution is -2.32. The summed E-state index contributed by atoms with van der Waals surface area (Å²) < 4.78 is 0. The van der Waals surface area contributed by atoms with Crippen molar-refractivity contribution in [3.05, 3.63) is 52.1 Å². The molecular formula is C19H23N7O2. The number of hydrogen-bond donors (Lipinski definition) is 4. The third kappa shape index (κ3) is 4.61. The number of nitrogens with zero attached hydrogens (tertiary/aromatic N) is 3. The number of aromatic nitrogens is 4. The highest BCUT2D eigenvalue weighted by Gasteiger charge is 2.09. The summed E-state index contributed by atoms with van der Waals surface area (Å²) in [6.45, 7) is 4.45. The summed E-state index contributed by atoms with van der Waals surface area (Å²) in [6, 6.07) is 7.32. The molecule has 5 N–H and O–H groups in total. The van der Waals surface area contributed by atoms with Crippen LogP contribution in [0.4, 0.5) is 11.6 Å². The van der Waals surface area contributed by atoms with Gasteiger partial charge in [0.1, 0.15) is 0 Å². The van der Waals surface area contributed by atoms with Gasteiger partial charge in [-0.3, -0.25) is 14.6 Å². The summed E-state index contributed by atoms with van der Waals surface area (Å²) >= 11 is 0. The van der Waals surface area contributed by atoms with E-state index in [0.29, 0.717) is 17.8 Å². The summed E-state index contributed by atoms with van der Waals surface area (Å²) in [5.41, 5.74) is 7.43. The third-order valence-electron chi connectivity index (χ3n) is 4.21. The molecule has 0 saturated carbocycles. The van der Waals surface area contributed by atoms with Crippen molar-refractivity contribution in [2.75, 3.05) is 11.1 Å². The Morgan fingerprint density at radius 1 is 1.25 bits per heavy atom. The number of anilines is 2. The molecule has 0 aliphatic rings. The molecule has 2 heterocycles. The first-order valence-electron chi connectivity index (χ1n) is 9.12. The molecule has 2 aromatic heterocycles. The van der Waals surface area contributed by atoms with Crippen molar-refractivity contribution in [3.8, 4) is 0 Å². The molecule has 0 bridgehead atoms. The van der Waals surface area contributed by atoms with E-state index in [1.807, 2.05) is 19.1 Å². The molecule has 9 heteroatoms. The Morgan fingerprint density at radius 2 is 2.00 bits per heavy atom. The van der Waals surface area contributed by atoms with Crippen LogP contribution in [0.5, 0.6) is 0 Å². The topological polar surface area (TPSA) is 139 Å². The zero-order valence-corrected chi connectivity index (χ0v) is 15.8. The van der Waals surface area contributed by atoms with Crippen LogP contribution in [0.3, 0.4) is 0 Å². The second-order valence-corrected chi connectivity index (χ2v) is 6.58. The lowest BCUT2D eigenvalue weighted by molar-refractivity contribution is 0.0938. The summed E-state index contributed by atoms with van der Waals surface area (Å²) in [4.78, 5) is 38.9. The monoisotopic (exact) mass is 381 g/mol. The van der Waals surface area contributed by atoms with E-state index < -0.39 is 5.56 Å². The van der Waals surface area contributed by atoms with Crippen LogP contribution in [0.25, 0.3) is 11.2 Å². The molecular weight excluding hydrogens is 358 g/mol. The molecule has 0 fully saturated rings. The van der Waals surface area contributed by atoms with Gasteiger partial charge in [0.2, 0.25) is 5.95 Å². The Labute approximate surface area is 161 Å². The van der Waals surface area contributed by atoms with E-state index in [0.717, 1.165) is 18.5 Å². The number of rotatable bonds is 7. The van der Waals surface area contributed by atoms with Gasteiger partial charge in [-0.2, -0.15) is 4.98 Å². The largest absolute Gasteiger partial charge is 0.379 e. The number of H-pyrrole nitrogens is 1. The number of fused-ring (bicyclic) bond motifs is 1. The predicted octanol–water partition coefficient (Wildman–Crippen LogP) is 1.83. The number of carbonyl (C=O) groups excluding carboxylic acids is 1. The third-order valence-corrected chi connectivity index (χ3v) is 4.21. The fourth-order valence-electron chi connectivity index (χ4n) is 2.80. The maximum atomic E-state index is 12.2. The van der Waals surface area contributed by atoms with Crippen LogP contribution in [0.2, 0.25) is 0 Å². The Balaban J connectivity index is 1.64. The lowest BCUT2D eigenvalue weighted by atomic mass is 10.1. The fraction of sp³-hybridized carbons (Fsp3) is 0.316. The Morgan fingerprint density at radius 3 is 2.71 bits per heavy atom. The van der Waals surface area contributed by atoms with Gasteiger partial charge in [-0.05, 0) is 37.6 Å². The van der Waals surface area contributed by atoms with Crippen LogP contribution in [0.1, 0.15) is 42.7 Å². The van der Waals surface area contributed by atoms with Gasteiger partial charge in [-0.1, -0.05) is 13.3 Å². The zero-order chi connectivity index (χ0) is 20.1. The fourth-order valence-corrected chi connectivity index (χ4v) is 2.80. The van der Waals surface area contributed by atoms with Crippen LogP contribution >= 0.6 is 0 Å². The van der Waals surface area contributed by atoms with Crippen molar-refractivity contribution in [2.45, 2.75) is 39.3 Å². The van der Waals surface area contributed by atoms with Crippen LogP contribution in [0.15, 0.2) is 35.3 Å². The molecule has 146 valence electrons. The first kappa shape index (κ1) is 19.3. The highest BCUT2D eigenvalue weighted by Crippen LogP contribution is 2.12. The van der Waals surface area contributed by atoms with E-state index in [2.05, 4.69) is 37.5 Å². The number of aromatic amines is 1. The molecule has 1 aromatic carbocycles. The van der Waals surface area contributed by atoms with Crippen molar-refractivity contribution in [1.82, 2.24) is 25.3 Å². The van der Waals surface area contributed by atoms with Gasteiger partial charge in [0.05, 0.1) is 18.4 Å². The van der Waals surface area contributed by atoms with Gasteiger partial charge in [0, 0.05) is 17.3 Å². The second-order valence-electron chi connectivity index (χ2n) is 6.58. The van der Waals surface area contributed by atoms with Gasteiger partial charge >= 0.3 is 0 Å². The molecule has 0 aliphatic heterocycles. The molecule has 0 radical (unpaired) electrons. The lowest BCUT2D eigenvalue weighted by Gasteiger charge is -2.13. The van der Waals surface area contributed by atoms with Crippen molar-refractivity contribution < 1.29 is 4.79 Å². The molecule has 1 amide bonds. The molecule has 1 atom stereocenters. The number of benzene rings is 1. The smallest absolute Gasteiger partial charge is 0.280 e. The Hall–Kier alpha value is -3.49. The van der Waals surface area contributed by atoms with Crippen molar-refractivity contribution >= 4 is 28.7 Å². The van der Waals surface area contributed by atoms with E-state index in [-0.39, 0.29) is 29.1 Å². The Bertz CT molecular complexity index is 1030. The number of amides is 1. The SMILES string of the molecule is CCCC(C)NC(=O)c1ccc(NCc2cnc3nc(N)[nH]c(=O)c3n2)cc1. The number of nitrogens with two attached hydrogens (primary N) is 1. The first-order chi connectivity index (χ1) is 13.5. The van der Waals surface area contributed by atoms with Gasteiger partial charge in [0.25, 0.3) is 11.5 Å². The predicted molar refractivity (Wildman–Crippen MR) is 108 cm³/mol. The summed E-state index contributed by atoms with van der Waals surface area (Å²) in [6.07, 6.45) is 3.51. The molecule has 28 heavy (non-hydrogen) atoms. The van der Waals surface area contributed by atoms with E-state index >= 15 is 0 Å². The maximum absolute atomic E-state index is 12.2. The van der Waals surface area contributed by atoms with Crippen LogP contribution in [-0.2, 0) is 6.54 Å². The van der Waals surface area contributed by atoms with E-state index in [1.165, 1.54) is 6.20 Å². The molecule has 3 aromatic rings. The van der Waals surface area contributed by atoms with E-state index in [4.69, 9.17) is 5.73 Å². The van der Waals surface area contributed by atoms with Crippen molar-refractivity contribution in [1.29, 1.82) is 0 Å². The highest BCUT2D eigenvalue weighted by atomic mass is 16.1. The minimum atomic E-state index is -0.426. The highest BCUT2D eigenvalue weighted by molar-refractivity contribution is 5.94. The average molecular weight is 381 g/mol. The molecule has 1 unspecified atom stereocenters. The number of hydrogen-bond acceptors (Lipinski definition) is 7. The van der Waals surface area contributed by atoms with Gasteiger partial charge in [-0.15, -0.1) is 0 Å². The van der Waals surface area contributed by atoms with Crippen LogP contribution in [0, 0.1) is 0 Å². The minimum absolute atomic E-state index is 0.00545. The molecule has 3 rings (SSSR count). The van der Waals surface area contributed by atoms with E-state index in [1.54, 1.807) is 12.1 Å². The minimum Gasteiger partial charge on any atom is -0.379 e. The molecule has 0 spiro atoms. The molecule has 0 saturated heterocycles. The van der Waals surface area contributed by atoms with Crippen LogP contribution < -0.4 is 21.9 Å². The van der Waals surface area contributed by atoms with Gasteiger partial charge in [-0.25, -0.2) is 9.97 Å². The molecule has 0 aliphatic carbocycles. The maximum Gasteiger partial charge on any atom is 0.280 e. The average Bonchev–Trinajstić information content (AvgIpc) is 2.67. The normalized spacial score (nSPS) is 11.9. The second kappa shape index (κ2) is 8.47. The van der Waals surface area contributed by atoms with Crippen molar-refractivity contribution in [2.24, 2.45) is 0 Å².